The fourth-order valence-corrected chi connectivity index (χ4v) is 3.16. The van der Waals surface area contributed by atoms with Crippen molar-refractivity contribution in [3.63, 3.8) is 0 Å². The lowest BCUT2D eigenvalue weighted by atomic mass is 10.0. The minimum absolute atomic E-state index is 0.0288. The van der Waals surface area contributed by atoms with Gasteiger partial charge in [0.1, 0.15) is 23.6 Å². The highest BCUT2D eigenvalue weighted by atomic mass is 19.3. The van der Waals surface area contributed by atoms with E-state index in [0.717, 1.165) is 0 Å². The molecule has 160 valence electrons. The second-order valence-corrected chi connectivity index (χ2v) is 6.44. The minimum atomic E-state index is -2.97. The predicted molar refractivity (Wildman–Crippen MR) is 97.9 cm³/mol. The third-order valence-corrected chi connectivity index (χ3v) is 4.51. The summed E-state index contributed by atoms with van der Waals surface area (Å²) in [5.74, 6) is -2.87. The minimum Gasteiger partial charge on any atom is -0.507 e. The lowest BCUT2D eigenvalue weighted by Gasteiger charge is -2.24. The summed E-state index contributed by atoms with van der Waals surface area (Å²) in [6.45, 7) is -3.41. The van der Waals surface area contributed by atoms with E-state index >= 15 is 0 Å². The van der Waals surface area contributed by atoms with Crippen LogP contribution in [0, 0.1) is 0 Å². The maximum Gasteiger partial charge on any atom is 0.387 e. The Balaban J connectivity index is 2.00. The first kappa shape index (κ1) is 21.2. The monoisotopic (exact) mass is 424 g/mol. The van der Waals surface area contributed by atoms with Crippen molar-refractivity contribution < 1.29 is 38.1 Å². The van der Waals surface area contributed by atoms with Crippen molar-refractivity contribution in [2.24, 2.45) is 0 Å². The number of fused-ring (bicyclic) bond motifs is 1. The topological polar surface area (TPSA) is 127 Å². The molecule has 1 amide bonds. The first-order valence-corrected chi connectivity index (χ1v) is 8.87. The third kappa shape index (κ3) is 4.57. The number of hydrogen-bond acceptors (Lipinski definition) is 6. The average molecular weight is 424 g/mol. The number of amides is 1. The van der Waals surface area contributed by atoms with E-state index in [9.17, 15) is 28.3 Å². The number of hydrogen-bond donors (Lipinski definition) is 3. The SMILES string of the molecule is O=C(O)CNC(=O)c1c(O)c2c(n(Cc3ccc(OC(F)F)cc3)c1=O)COCC2. The number of nitrogens with one attached hydrogen (secondary N) is 1. The molecule has 0 bridgehead atoms. The molecule has 2 heterocycles. The van der Waals surface area contributed by atoms with Gasteiger partial charge in [0.2, 0.25) is 0 Å². The van der Waals surface area contributed by atoms with Crippen LogP contribution in [0.4, 0.5) is 8.78 Å². The van der Waals surface area contributed by atoms with E-state index in [1.165, 1.54) is 28.8 Å². The van der Waals surface area contributed by atoms with Gasteiger partial charge in [-0.25, -0.2) is 0 Å². The number of aromatic hydroxyl groups is 1. The molecule has 0 atom stereocenters. The van der Waals surface area contributed by atoms with Gasteiger partial charge in [0.15, 0.2) is 0 Å². The molecule has 1 aromatic carbocycles. The number of benzene rings is 1. The van der Waals surface area contributed by atoms with Crippen molar-refractivity contribution in [2.45, 2.75) is 26.2 Å². The van der Waals surface area contributed by atoms with Crippen molar-refractivity contribution in [1.29, 1.82) is 0 Å². The summed E-state index contributed by atoms with van der Waals surface area (Å²) in [6.07, 6.45) is 0.252. The molecule has 0 saturated carbocycles. The molecule has 0 saturated heterocycles. The molecule has 3 rings (SSSR count). The van der Waals surface area contributed by atoms with Gasteiger partial charge in [-0.1, -0.05) is 12.1 Å². The molecule has 0 aliphatic carbocycles. The Hall–Kier alpha value is -3.47. The fourth-order valence-electron chi connectivity index (χ4n) is 3.16. The first-order valence-electron chi connectivity index (χ1n) is 8.87. The van der Waals surface area contributed by atoms with Crippen molar-refractivity contribution in [3.05, 3.63) is 57.0 Å². The molecule has 1 aliphatic rings. The van der Waals surface area contributed by atoms with Crippen LogP contribution in [-0.4, -0.2) is 46.4 Å². The molecule has 0 spiro atoms. The third-order valence-electron chi connectivity index (χ3n) is 4.51. The maximum atomic E-state index is 13.0. The van der Waals surface area contributed by atoms with Gasteiger partial charge in [-0.05, 0) is 17.7 Å². The zero-order valence-electron chi connectivity index (χ0n) is 15.6. The Kier molecular flexibility index (Phi) is 6.31. The molecule has 11 heteroatoms. The molecule has 1 aliphatic heterocycles. The Morgan fingerprint density at radius 3 is 2.60 bits per heavy atom. The molecule has 0 radical (unpaired) electrons. The Bertz CT molecular complexity index is 1020. The van der Waals surface area contributed by atoms with Gasteiger partial charge in [-0.2, -0.15) is 8.78 Å². The van der Waals surface area contributed by atoms with E-state index in [1.54, 1.807) is 0 Å². The Morgan fingerprint density at radius 1 is 1.27 bits per heavy atom. The van der Waals surface area contributed by atoms with Crippen molar-refractivity contribution in [3.8, 4) is 11.5 Å². The second kappa shape index (κ2) is 8.91. The smallest absolute Gasteiger partial charge is 0.387 e. The van der Waals surface area contributed by atoms with Gasteiger partial charge in [0, 0.05) is 12.0 Å². The normalized spacial score (nSPS) is 13.0. The number of rotatable bonds is 7. The van der Waals surface area contributed by atoms with Crippen molar-refractivity contribution in [2.75, 3.05) is 13.2 Å². The first-order chi connectivity index (χ1) is 14.3. The number of carboxylic acids is 1. The van der Waals surface area contributed by atoms with Crippen LogP contribution in [0.3, 0.4) is 0 Å². The van der Waals surface area contributed by atoms with Crippen LogP contribution in [0.5, 0.6) is 11.5 Å². The van der Waals surface area contributed by atoms with Gasteiger partial charge < -0.3 is 29.6 Å². The Morgan fingerprint density at radius 2 is 1.97 bits per heavy atom. The number of alkyl halides is 2. The summed E-state index contributed by atoms with van der Waals surface area (Å²) in [6, 6.07) is 5.60. The molecule has 2 aromatic rings. The molecular weight excluding hydrogens is 406 g/mol. The number of ether oxygens (including phenoxy) is 2. The highest BCUT2D eigenvalue weighted by Crippen LogP contribution is 2.28. The second-order valence-electron chi connectivity index (χ2n) is 6.44. The molecule has 1 aromatic heterocycles. The lowest BCUT2D eigenvalue weighted by Crippen LogP contribution is -2.38. The largest absolute Gasteiger partial charge is 0.507 e. The molecule has 30 heavy (non-hydrogen) atoms. The summed E-state index contributed by atoms with van der Waals surface area (Å²) in [5, 5.41) is 21.3. The molecule has 9 nitrogen and oxygen atoms in total. The van der Waals surface area contributed by atoms with Gasteiger partial charge >= 0.3 is 12.6 Å². The quantitative estimate of drug-likeness (QED) is 0.607. The number of carbonyl (C=O) groups excluding carboxylic acids is 1. The molecule has 3 N–H and O–H groups in total. The summed E-state index contributed by atoms with van der Waals surface area (Å²) in [7, 11) is 0. The molecular formula is C19H18F2N2O7. The van der Waals surface area contributed by atoms with Gasteiger partial charge in [0.05, 0.1) is 25.5 Å². The van der Waals surface area contributed by atoms with E-state index in [2.05, 4.69) is 10.1 Å². The van der Waals surface area contributed by atoms with E-state index in [1.807, 2.05) is 0 Å². The molecule has 0 unspecified atom stereocenters. The number of carboxylic acid groups (broad SMARTS) is 1. The number of carbonyl (C=O) groups is 2. The number of halogens is 2. The summed E-state index contributed by atoms with van der Waals surface area (Å²) in [4.78, 5) is 36.0. The van der Waals surface area contributed by atoms with E-state index < -0.39 is 41.9 Å². The highest BCUT2D eigenvalue weighted by Gasteiger charge is 2.27. The van der Waals surface area contributed by atoms with Crippen LogP contribution in [0.25, 0.3) is 0 Å². The van der Waals surface area contributed by atoms with E-state index in [-0.39, 0.29) is 31.9 Å². The predicted octanol–water partition coefficient (Wildman–Crippen LogP) is 1.09. The van der Waals surface area contributed by atoms with Crippen LogP contribution in [0.15, 0.2) is 29.1 Å². The zero-order valence-corrected chi connectivity index (χ0v) is 15.6. The van der Waals surface area contributed by atoms with Crippen LogP contribution < -0.4 is 15.6 Å². The van der Waals surface area contributed by atoms with Gasteiger partial charge in [-0.15, -0.1) is 0 Å². The lowest BCUT2D eigenvalue weighted by molar-refractivity contribution is -0.135. The van der Waals surface area contributed by atoms with Gasteiger partial charge in [0.25, 0.3) is 11.5 Å². The highest BCUT2D eigenvalue weighted by molar-refractivity contribution is 5.98. The van der Waals surface area contributed by atoms with Crippen molar-refractivity contribution in [1.82, 2.24) is 9.88 Å². The van der Waals surface area contributed by atoms with Crippen LogP contribution in [-0.2, 0) is 29.1 Å². The van der Waals surface area contributed by atoms with Crippen molar-refractivity contribution >= 4 is 11.9 Å². The number of nitrogens with zero attached hydrogens (tertiary/aromatic N) is 1. The van der Waals surface area contributed by atoms with Crippen LogP contribution in [0.1, 0.15) is 27.2 Å². The standard InChI is InChI=1S/C19H18F2N2O7/c20-19(21)30-11-3-1-10(2-4-11)8-23-13-9-29-6-5-12(13)16(26)15(18(23)28)17(27)22-7-14(24)25/h1-4,19,26H,5-9H2,(H,22,27)(H,24,25). The van der Waals surface area contributed by atoms with E-state index in [4.69, 9.17) is 9.84 Å². The van der Waals surface area contributed by atoms with Crippen LogP contribution in [0.2, 0.25) is 0 Å². The Labute approximate surface area is 168 Å². The van der Waals surface area contributed by atoms with Crippen LogP contribution >= 0.6 is 0 Å². The summed E-state index contributed by atoms with van der Waals surface area (Å²) >= 11 is 0. The molecule has 0 fully saturated rings. The van der Waals surface area contributed by atoms with Gasteiger partial charge in [-0.3, -0.25) is 14.4 Å². The summed E-state index contributed by atoms with van der Waals surface area (Å²) < 4.78 is 35.5. The number of aliphatic carboxylic acids is 1. The number of pyridine rings is 1. The number of aromatic nitrogens is 1. The average Bonchev–Trinajstić information content (AvgIpc) is 2.70. The summed E-state index contributed by atoms with van der Waals surface area (Å²) in [5.41, 5.74) is -0.0957. The maximum absolute atomic E-state index is 13.0. The van der Waals surface area contributed by atoms with E-state index in [0.29, 0.717) is 16.8 Å². The zero-order chi connectivity index (χ0) is 21.8. The fraction of sp³-hybridized carbons (Fsp3) is 0.316.